The molecule has 0 saturated heterocycles. The average molecular weight is 347 g/mol. The minimum Gasteiger partial charge on any atom is -0.465 e. The number of rotatable bonds is 3. The van der Waals surface area contributed by atoms with Crippen LogP contribution in [0.2, 0.25) is 0 Å². The first-order valence-electron chi connectivity index (χ1n) is 7.18. The molecule has 1 aromatic heterocycles. The number of nitrogens with zero attached hydrogens (tertiary/aromatic N) is 2. The second-order valence-corrected chi connectivity index (χ2v) is 5.11. The van der Waals surface area contributed by atoms with Crippen LogP contribution in [0.25, 0.3) is 10.9 Å². The van der Waals surface area contributed by atoms with Gasteiger partial charge >= 0.3 is 12.1 Å². The molecule has 3 rings (SSSR count). The van der Waals surface area contributed by atoms with Crippen molar-refractivity contribution in [3.8, 4) is 0 Å². The summed E-state index contributed by atoms with van der Waals surface area (Å²) in [6.45, 7) is 0. The molecule has 0 aliphatic heterocycles. The Hall–Kier alpha value is -3.16. The van der Waals surface area contributed by atoms with Crippen LogP contribution < -0.4 is 5.32 Å². The van der Waals surface area contributed by atoms with Crippen molar-refractivity contribution >= 4 is 28.4 Å². The largest absolute Gasteiger partial charge is 0.465 e. The molecule has 0 spiro atoms. The van der Waals surface area contributed by atoms with E-state index < -0.39 is 18.0 Å². The minimum atomic E-state index is -4.67. The molecule has 0 bridgehead atoms. The number of fused-ring (bicyclic) bond motifs is 1. The number of benzene rings is 2. The normalized spacial score (nSPS) is 11.4. The summed E-state index contributed by atoms with van der Waals surface area (Å²) in [6, 6.07) is 12.6. The van der Waals surface area contributed by atoms with E-state index in [1.54, 1.807) is 30.3 Å². The first-order chi connectivity index (χ1) is 11.9. The Morgan fingerprint density at radius 3 is 2.56 bits per heavy atom. The second-order valence-electron chi connectivity index (χ2n) is 5.11. The third kappa shape index (κ3) is 3.52. The quantitative estimate of drug-likeness (QED) is 0.720. The number of carbonyl (C=O) groups is 1. The molecule has 25 heavy (non-hydrogen) atoms. The Morgan fingerprint density at radius 1 is 1.08 bits per heavy atom. The number of para-hydroxylation sites is 1. The molecule has 128 valence electrons. The maximum atomic E-state index is 13.0. The van der Waals surface area contributed by atoms with Gasteiger partial charge in [-0.15, -0.1) is 0 Å². The number of halogens is 3. The van der Waals surface area contributed by atoms with Crippen LogP contribution in [0.15, 0.2) is 48.5 Å². The van der Waals surface area contributed by atoms with Crippen molar-refractivity contribution in [3.05, 3.63) is 59.9 Å². The van der Waals surface area contributed by atoms with E-state index in [-0.39, 0.29) is 16.9 Å². The molecule has 0 fully saturated rings. The zero-order chi connectivity index (χ0) is 18.0. The summed E-state index contributed by atoms with van der Waals surface area (Å²) in [4.78, 5) is 18.7. The number of hydrogen-bond acceptors (Lipinski definition) is 5. The van der Waals surface area contributed by atoms with Gasteiger partial charge < -0.3 is 10.1 Å². The van der Waals surface area contributed by atoms with E-state index in [0.29, 0.717) is 11.1 Å². The van der Waals surface area contributed by atoms with E-state index in [1.165, 1.54) is 25.3 Å². The lowest BCUT2D eigenvalue weighted by Gasteiger charge is -2.12. The van der Waals surface area contributed by atoms with Gasteiger partial charge in [0.1, 0.15) is 5.82 Å². The van der Waals surface area contributed by atoms with Crippen molar-refractivity contribution in [2.75, 3.05) is 12.4 Å². The maximum absolute atomic E-state index is 13.0. The Morgan fingerprint density at radius 2 is 1.84 bits per heavy atom. The molecular formula is C17H12F3N3O2. The molecule has 0 atom stereocenters. The number of alkyl halides is 3. The maximum Gasteiger partial charge on any atom is 0.451 e. The summed E-state index contributed by atoms with van der Waals surface area (Å²) in [5.41, 5.74) is 0.832. The highest BCUT2D eigenvalue weighted by molar-refractivity contribution is 5.93. The zero-order valence-electron chi connectivity index (χ0n) is 13.0. The third-order valence-electron chi connectivity index (χ3n) is 3.40. The summed E-state index contributed by atoms with van der Waals surface area (Å²) in [7, 11) is 1.25. The van der Waals surface area contributed by atoms with Crippen molar-refractivity contribution < 1.29 is 22.7 Å². The smallest absolute Gasteiger partial charge is 0.451 e. The fourth-order valence-electron chi connectivity index (χ4n) is 2.28. The first kappa shape index (κ1) is 16.7. The lowest BCUT2D eigenvalue weighted by atomic mass is 10.2. The number of ether oxygens (including phenoxy) is 1. The monoisotopic (exact) mass is 347 g/mol. The molecule has 8 heteroatoms. The third-order valence-corrected chi connectivity index (χ3v) is 3.40. The number of hydrogen-bond donors (Lipinski definition) is 1. The molecule has 2 aromatic carbocycles. The van der Waals surface area contributed by atoms with Crippen LogP contribution in [0.5, 0.6) is 0 Å². The highest BCUT2D eigenvalue weighted by Gasteiger charge is 2.35. The summed E-state index contributed by atoms with van der Waals surface area (Å²) in [5, 5.41) is 3.25. The van der Waals surface area contributed by atoms with Gasteiger partial charge in [-0.25, -0.2) is 14.8 Å². The van der Waals surface area contributed by atoms with E-state index in [9.17, 15) is 18.0 Å². The Bertz CT molecular complexity index is 942. The van der Waals surface area contributed by atoms with Gasteiger partial charge in [-0.2, -0.15) is 13.2 Å². The fraction of sp³-hybridized carbons (Fsp3) is 0.118. The van der Waals surface area contributed by atoms with E-state index in [0.717, 1.165) is 0 Å². The lowest BCUT2D eigenvalue weighted by molar-refractivity contribution is -0.144. The highest BCUT2D eigenvalue weighted by Crippen LogP contribution is 2.31. The van der Waals surface area contributed by atoms with Crippen LogP contribution in [0.3, 0.4) is 0 Å². The minimum absolute atomic E-state index is 0.0000548. The summed E-state index contributed by atoms with van der Waals surface area (Å²) in [6.07, 6.45) is -4.67. The molecule has 1 heterocycles. The van der Waals surface area contributed by atoms with Crippen LogP contribution in [-0.4, -0.2) is 23.0 Å². The number of carbonyl (C=O) groups excluding carboxylic acids is 1. The molecule has 3 aromatic rings. The van der Waals surface area contributed by atoms with Crippen LogP contribution in [-0.2, 0) is 10.9 Å². The number of methoxy groups -OCH3 is 1. The molecular weight excluding hydrogens is 335 g/mol. The number of nitrogens with one attached hydrogen (secondary N) is 1. The standard InChI is InChI=1S/C17H12F3N3O2/c1-25-15(24)10-5-4-6-11(9-10)21-14-12-7-2-3-8-13(12)22-16(23-14)17(18,19)20/h2-9H,1H3,(H,21,22,23). The van der Waals surface area contributed by atoms with Gasteiger partial charge in [-0.3, -0.25) is 0 Å². The highest BCUT2D eigenvalue weighted by atomic mass is 19.4. The van der Waals surface area contributed by atoms with E-state index in [1.807, 2.05) is 0 Å². The molecule has 0 unspecified atom stereocenters. The Balaban J connectivity index is 2.08. The van der Waals surface area contributed by atoms with Gasteiger partial charge in [-0.1, -0.05) is 18.2 Å². The van der Waals surface area contributed by atoms with Crippen molar-refractivity contribution in [2.24, 2.45) is 0 Å². The molecule has 1 N–H and O–H groups in total. The van der Waals surface area contributed by atoms with Crippen molar-refractivity contribution in [2.45, 2.75) is 6.18 Å². The number of aromatic nitrogens is 2. The number of esters is 1. The van der Waals surface area contributed by atoms with Crippen LogP contribution in [0.4, 0.5) is 24.7 Å². The average Bonchev–Trinajstić information content (AvgIpc) is 2.60. The summed E-state index contributed by atoms with van der Waals surface area (Å²) >= 11 is 0. The molecule has 0 amide bonds. The molecule has 0 saturated carbocycles. The second kappa shape index (κ2) is 6.39. The van der Waals surface area contributed by atoms with E-state index in [2.05, 4.69) is 20.0 Å². The van der Waals surface area contributed by atoms with Crippen LogP contribution in [0, 0.1) is 0 Å². The predicted octanol–water partition coefficient (Wildman–Crippen LogP) is 4.18. The topological polar surface area (TPSA) is 64.1 Å². The number of anilines is 2. The van der Waals surface area contributed by atoms with Crippen molar-refractivity contribution in [3.63, 3.8) is 0 Å². The van der Waals surface area contributed by atoms with Gasteiger partial charge in [0.25, 0.3) is 0 Å². The molecule has 5 nitrogen and oxygen atoms in total. The first-order valence-corrected chi connectivity index (χ1v) is 7.18. The van der Waals surface area contributed by atoms with Gasteiger partial charge in [0.15, 0.2) is 0 Å². The van der Waals surface area contributed by atoms with E-state index >= 15 is 0 Å². The SMILES string of the molecule is COC(=O)c1cccc(Nc2nc(C(F)(F)F)nc3ccccc23)c1. The Labute approximate surface area is 140 Å². The van der Waals surface area contributed by atoms with Gasteiger partial charge in [0, 0.05) is 11.1 Å². The molecule has 0 aliphatic rings. The summed E-state index contributed by atoms with van der Waals surface area (Å²) in [5.74, 6) is -1.79. The van der Waals surface area contributed by atoms with Gasteiger partial charge in [0.05, 0.1) is 18.2 Å². The predicted molar refractivity (Wildman–Crippen MR) is 85.6 cm³/mol. The van der Waals surface area contributed by atoms with E-state index in [4.69, 9.17) is 0 Å². The Kier molecular flexibility index (Phi) is 4.26. The fourth-order valence-corrected chi connectivity index (χ4v) is 2.28. The lowest BCUT2D eigenvalue weighted by Crippen LogP contribution is -2.12. The molecule has 0 radical (unpaired) electrons. The zero-order valence-corrected chi connectivity index (χ0v) is 13.0. The molecule has 0 aliphatic carbocycles. The van der Waals surface area contributed by atoms with Crippen LogP contribution >= 0.6 is 0 Å². The van der Waals surface area contributed by atoms with Crippen molar-refractivity contribution in [1.82, 2.24) is 9.97 Å². The van der Waals surface area contributed by atoms with Gasteiger partial charge in [0.2, 0.25) is 5.82 Å². The van der Waals surface area contributed by atoms with Gasteiger partial charge in [-0.05, 0) is 30.3 Å². The van der Waals surface area contributed by atoms with Crippen molar-refractivity contribution in [1.29, 1.82) is 0 Å². The summed E-state index contributed by atoms with van der Waals surface area (Å²) < 4.78 is 43.7. The van der Waals surface area contributed by atoms with Crippen LogP contribution in [0.1, 0.15) is 16.2 Å².